The van der Waals surface area contributed by atoms with Crippen LogP contribution in [0.1, 0.15) is 116 Å². The first-order valence-corrected chi connectivity index (χ1v) is 13.7. The number of amides is 1. The molecule has 32 heavy (non-hydrogen) atoms. The molecule has 0 saturated carbocycles. The molecule has 0 aliphatic carbocycles. The summed E-state index contributed by atoms with van der Waals surface area (Å²) in [5.41, 5.74) is 1.17. The Morgan fingerprint density at radius 1 is 0.812 bits per heavy atom. The first-order chi connectivity index (χ1) is 15.5. The molecule has 0 aliphatic rings. The molecule has 0 saturated heterocycles. The van der Waals surface area contributed by atoms with Gasteiger partial charge in [-0.25, -0.2) is 0 Å². The third-order valence-electron chi connectivity index (χ3n) is 5.15. The lowest BCUT2D eigenvalue weighted by Crippen LogP contribution is -2.26. The highest BCUT2D eigenvalue weighted by Gasteiger charge is 2.15. The number of carbonyl (C=O) groups excluding carboxylic acids is 1. The van der Waals surface area contributed by atoms with Gasteiger partial charge in [0.15, 0.2) is 0 Å². The fraction of sp³-hybridized carbons (Fsp3) is 0.731. The second kappa shape index (κ2) is 22.9. The Morgan fingerprint density at radius 3 is 1.75 bits per heavy atom. The summed E-state index contributed by atoms with van der Waals surface area (Å²) in [6, 6.07) is 10.3. The molecule has 0 bridgehead atoms. The van der Waals surface area contributed by atoms with Gasteiger partial charge in [0.2, 0.25) is 5.91 Å². The second-order valence-corrected chi connectivity index (χ2v) is 9.01. The molecule has 0 spiro atoms. The Morgan fingerprint density at radius 2 is 1.28 bits per heavy atom. The molecular weight excluding hydrogens is 421 g/mol. The van der Waals surface area contributed by atoms with Crippen molar-refractivity contribution < 1.29 is 18.4 Å². The lowest BCUT2D eigenvalue weighted by Gasteiger charge is -2.14. The van der Waals surface area contributed by atoms with Crippen LogP contribution < -0.4 is 5.32 Å². The molecular formula is C26H47NO4P+. The zero-order valence-electron chi connectivity index (χ0n) is 20.9. The number of benzene rings is 1. The summed E-state index contributed by atoms with van der Waals surface area (Å²) < 4.78 is 19.5. The maximum Gasteiger partial charge on any atom is 0.697 e. The van der Waals surface area contributed by atoms with Gasteiger partial charge in [0.25, 0.3) is 0 Å². The summed E-state index contributed by atoms with van der Waals surface area (Å²) in [7, 11) is -1.83. The van der Waals surface area contributed by atoms with Gasteiger partial charge < -0.3 is 5.32 Å². The van der Waals surface area contributed by atoms with Gasteiger partial charge in [-0.05, 0) is 32.8 Å². The van der Waals surface area contributed by atoms with Crippen molar-refractivity contribution in [1.82, 2.24) is 5.32 Å². The molecule has 0 heterocycles. The molecule has 1 N–H and O–H groups in total. The third-order valence-corrected chi connectivity index (χ3v) is 6.09. The fourth-order valence-corrected chi connectivity index (χ4v) is 3.83. The molecule has 6 heteroatoms. The smallest absolute Gasteiger partial charge is 0.350 e. The van der Waals surface area contributed by atoms with E-state index in [1.807, 2.05) is 25.1 Å². The highest BCUT2D eigenvalue weighted by atomic mass is 31.1. The standard InChI is InChI=1S/C22H37NO.C4H10O3P/c1-3-4-5-6-7-8-9-10-11-12-16-19-22(24)23-20(2)21-17-14-13-15-18-21;1-3-6-8(5)7-4-2/h13-15,17-18,20H,3-12,16,19H2,1-2H3,(H,23,24);3-4H2,1-2H3/q;+1. The summed E-state index contributed by atoms with van der Waals surface area (Å²) in [4.78, 5) is 12.0. The fourth-order valence-electron chi connectivity index (χ4n) is 3.34. The Balaban J connectivity index is 0.00000102. The van der Waals surface area contributed by atoms with E-state index in [2.05, 4.69) is 33.4 Å². The predicted octanol–water partition coefficient (Wildman–Crippen LogP) is 8.28. The van der Waals surface area contributed by atoms with Crippen molar-refractivity contribution in [3.8, 4) is 0 Å². The number of nitrogens with one attached hydrogen (secondary N) is 1. The molecule has 0 fully saturated rings. The summed E-state index contributed by atoms with van der Waals surface area (Å²) in [5.74, 6) is 0.183. The summed E-state index contributed by atoms with van der Waals surface area (Å²) in [6.07, 6.45) is 15.2. The SMILES string of the molecule is CCCCCCCCCCCCCC(=O)NC(C)c1ccccc1.CCO[P+](=O)OCC. The molecule has 1 aromatic rings. The molecule has 1 amide bonds. The lowest BCUT2D eigenvalue weighted by atomic mass is 10.0. The van der Waals surface area contributed by atoms with Gasteiger partial charge in [0.05, 0.1) is 6.04 Å². The topological polar surface area (TPSA) is 64.6 Å². The predicted molar refractivity (Wildman–Crippen MR) is 135 cm³/mol. The van der Waals surface area contributed by atoms with Crippen LogP contribution in [-0.4, -0.2) is 19.1 Å². The quantitative estimate of drug-likeness (QED) is 0.174. The average molecular weight is 469 g/mol. The first kappa shape index (κ1) is 30.7. The minimum absolute atomic E-state index is 0.103. The van der Waals surface area contributed by atoms with Crippen LogP contribution in [0.15, 0.2) is 30.3 Å². The van der Waals surface area contributed by atoms with Crippen molar-refractivity contribution in [2.24, 2.45) is 0 Å². The van der Waals surface area contributed by atoms with Crippen LogP contribution in [0, 0.1) is 0 Å². The van der Waals surface area contributed by atoms with Crippen molar-refractivity contribution in [2.75, 3.05) is 13.2 Å². The molecule has 0 radical (unpaired) electrons. The van der Waals surface area contributed by atoms with Crippen LogP contribution in [0.2, 0.25) is 0 Å². The zero-order valence-corrected chi connectivity index (χ0v) is 21.8. The maximum absolute atomic E-state index is 12.0. The van der Waals surface area contributed by atoms with Crippen LogP contribution in [-0.2, 0) is 18.4 Å². The van der Waals surface area contributed by atoms with E-state index in [1.165, 1.54) is 69.8 Å². The number of unbranched alkanes of at least 4 members (excludes halogenated alkanes) is 10. The van der Waals surface area contributed by atoms with Crippen molar-refractivity contribution in [2.45, 2.75) is 111 Å². The summed E-state index contributed by atoms with van der Waals surface area (Å²) in [5, 5.41) is 3.09. The van der Waals surface area contributed by atoms with Crippen LogP contribution in [0.4, 0.5) is 0 Å². The summed E-state index contributed by atoms with van der Waals surface area (Å²) >= 11 is 0. The van der Waals surface area contributed by atoms with Crippen LogP contribution >= 0.6 is 8.25 Å². The van der Waals surface area contributed by atoms with E-state index in [0.29, 0.717) is 19.6 Å². The Kier molecular flexibility index (Phi) is 22.0. The minimum atomic E-state index is -1.83. The number of rotatable bonds is 18. The molecule has 0 aliphatic heterocycles. The average Bonchev–Trinajstić information content (AvgIpc) is 2.79. The zero-order chi connectivity index (χ0) is 23.9. The minimum Gasteiger partial charge on any atom is -0.350 e. The third kappa shape index (κ3) is 19.4. The van der Waals surface area contributed by atoms with Gasteiger partial charge in [0, 0.05) is 11.0 Å². The van der Waals surface area contributed by atoms with Gasteiger partial charge in [-0.1, -0.05) is 101 Å². The van der Waals surface area contributed by atoms with Crippen LogP contribution in [0.5, 0.6) is 0 Å². The highest BCUT2D eigenvalue weighted by molar-refractivity contribution is 7.33. The highest BCUT2D eigenvalue weighted by Crippen LogP contribution is 2.22. The second-order valence-electron chi connectivity index (χ2n) is 8.04. The number of hydrogen-bond donors (Lipinski definition) is 1. The Labute approximate surface area is 198 Å². The van der Waals surface area contributed by atoms with Gasteiger partial charge >= 0.3 is 8.25 Å². The molecule has 1 atom stereocenters. The number of hydrogen-bond acceptors (Lipinski definition) is 4. The normalized spacial score (nSPS) is 11.4. The van der Waals surface area contributed by atoms with Gasteiger partial charge in [0.1, 0.15) is 13.2 Å². The molecule has 1 rings (SSSR count). The van der Waals surface area contributed by atoms with E-state index in [-0.39, 0.29) is 11.9 Å². The Bertz CT molecular complexity index is 560. The van der Waals surface area contributed by atoms with E-state index in [9.17, 15) is 9.36 Å². The van der Waals surface area contributed by atoms with Gasteiger partial charge in [-0.2, -0.15) is 0 Å². The Hall–Kier alpha value is -1.29. The van der Waals surface area contributed by atoms with Crippen LogP contribution in [0.25, 0.3) is 0 Å². The van der Waals surface area contributed by atoms with Crippen LogP contribution in [0.3, 0.4) is 0 Å². The molecule has 5 nitrogen and oxygen atoms in total. The van der Waals surface area contributed by atoms with Gasteiger partial charge in [-0.3, -0.25) is 4.79 Å². The molecule has 1 unspecified atom stereocenters. The van der Waals surface area contributed by atoms with E-state index in [0.717, 1.165) is 6.42 Å². The van der Waals surface area contributed by atoms with Crippen molar-refractivity contribution >= 4 is 14.2 Å². The van der Waals surface area contributed by atoms with Crippen molar-refractivity contribution in [1.29, 1.82) is 0 Å². The van der Waals surface area contributed by atoms with E-state index in [1.54, 1.807) is 13.8 Å². The van der Waals surface area contributed by atoms with E-state index < -0.39 is 8.25 Å². The first-order valence-electron chi connectivity index (χ1n) is 12.6. The van der Waals surface area contributed by atoms with Crippen molar-refractivity contribution in [3.63, 3.8) is 0 Å². The number of carbonyl (C=O) groups is 1. The lowest BCUT2D eigenvalue weighted by molar-refractivity contribution is -0.121. The van der Waals surface area contributed by atoms with E-state index in [4.69, 9.17) is 0 Å². The summed E-state index contributed by atoms with van der Waals surface area (Å²) in [6.45, 7) is 8.74. The van der Waals surface area contributed by atoms with Gasteiger partial charge in [-0.15, -0.1) is 9.05 Å². The monoisotopic (exact) mass is 468 g/mol. The molecule has 0 aromatic heterocycles. The molecule has 184 valence electrons. The molecule has 1 aromatic carbocycles. The van der Waals surface area contributed by atoms with Crippen molar-refractivity contribution in [3.05, 3.63) is 35.9 Å². The largest absolute Gasteiger partial charge is 0.697 e. The van der Waals surface area contributed by atoms with E-state index >= 15 is 0 Å². The maximum atomic E-state index is 12.0.